The Labute approximate surface area is 143 Å². The van der Waals surface area contributed by atoms with Gasteiger partial charge in [-0.05, 0) is 57.9 Å². The molecular formula is C17H26NO5P. The second-order valence-corrected chi connectivity index (χ2v) is 7.81. The Morgan fingerprint density at radius 3 is 2.46 bits per heavy atom. The Kier molecular flexibility index (Phi) is 5.19. The number of hydrogen-bond acceptors (Lipinski definition) is 5. The molecule has 0 bridgehead atoms. The maximum absolute atomic E-state index is 12.8. The van der Waals surface area contributed by atoms with E-state index >= 15 is 0 Å². The zero-order chi connectivity index (χ0) is 17.3. The first-order valence-electron chi connectivity index (χ1n) is 8.92. The maximum atomic E-state index is 12.8. The van der Waals surface area contributed by atoms with Crippen LogP contribution in [-0.4, -0.2) is 23.8 Å². The summed E-state index contributed by atoms with van der Waals surface area (Å²) < 4.78 is 30.3. The minimum Gasteiger partial charge on any atom is -0.367 e. The normalized spacial score (nSPS) is 19.4. The number of carbonyl (C=O) groups excluding carboxylic acids is 1. The van der Waals surface area contributed by atoms with Crippen molar-refractivity contribution in [2.45, 2.75) is 65.3 Å². The van der Waals surface area contributed by atoms with E-state index in [2.05, 4.69) is 4.57 Å². The highest BCUT2D eigenvalue weighted by atomic mass is 31.2. The predicted octanol–water partition coefficient (Wildman–Crippen LogP) is 4.21. The molecular weight excluding hydrogens is 329 g/mol. The van der Waals surface area contributed by atoms with Crippen molar-refractivity contribution in [2.24, 2.45) is 0 Å². The van der Waals surface area contributed by atoms with Gasteiger partial charge in [-0.3, -0.25) is 9.05 Å². The molecule has 7 heteroatoms. The molecule has 2 aliphatic rings. The van der Waals surface area contributed by atoms with Gasteiger partial charge in [0, 0.05) is 17.4 Å². The molecule has 3 heterocycles. The van der Waals surface area contributed by atoms with E-state index in [0.29, 0.717) is 11.6 Å². The fourth-order valence-electron chi connectivity index (χ4n) is 4.09. The van der Waals surface area contributed by atoms with Crippen molar-refractivity contribution < 1.29 is 22.9 Å². The van der Waals surface area contributed by atoms with E-state index in [4.69, 9.17) is 13.6 Å². The smallest absolute Gasteiger partial charge is 0.367 e. The summed E-state index contributed by atoms with van der Waals surface area (Å²) in [5, 5.41) is 0. The van der Waals surface area contributed by atoms with Gasteiger partial charge in [0.15, 0.2) is 0 Å². The number of phosphoric ester groups is 1. The minimum atomic E-state index is -3.85. The van der Waals surface area contributed by atoms with Gasteiger partial charge in [-0.1, -0.05) is 6.92 Å². The lowest BCUT2D eigenvalue weighted by atomic mass is 9.95. The molecule has 6 nitrogen and oxygen atoms in total. The Morgan fingerprint density at radius 2 is 1.83 bits per heavy atom. The number of rotatable bonds is 7. The molecule has 134 valence electrons. The van der Waals surface area contributed by atoms with Gasteiger partial charge in [0.05, 0.1) is 18.8 Å². The maximum Gasteiger partial charge on any atom is 0.532 e. The summed E-state index contributed by atoms with van der Waals surface area (Å²) in [6.45, 7) is 5.75. The Hall–Kier alpha value is -1.10. The molecule has 0 unspecified atom stereocenters. The van der Waals surface area contributed by atoms with Crippen LogP contribution in [0.2, 0.25) is 0 Å². The standard InChI is InChI=1S/C17H26NO5P/c1-4-13-14-9-7-8-12-10-11-15(18(12)14)16(13)17(19)23-24(20,21-5-2)22-6-3/h12H,4-11H2,1-3H3/t12-/m1/s1. The van der Waals surface area contributed by atoms with Crippen molar-refractivity contribution >= 4 is 13.8 Å². The van der Waals surface area contributed by atoms with Crippen LogP contribution in [-0.2, 0) is 37.4 Å². The second-order valence-electron chi connectivity index (χ2n) is 6.22. The second kappa shape index (κ2) is 7.03. The number of carbonyl (C=O) groups is 1. The molecule has 0 fully saturated rings. The van der Waals surface area contributed by atoms with E-state index in [-0.39, 0.29) is 13.2 Å². The Balaban J connectivity index is 1.96. The first-order valence-corrected chi connectivity index (χ1v) is 10.4. The van der Waals surface area contributed by atoms with Crippen LogP contribution >= 0.6 is 7.82 Å². The average molecular weight is 355 g/mol. The van der Waals surface area contributed by atoms with Crippen molar-refractivity contribution in [1.29, 1.82) is 0 Å². The molecule has 0 aromatic carbocycles. The number of hydrogen-bond donors (Lipinski definition) is 0. The third kappa shape index (κ3) is 2.96. The van der Waals surface area contributed by atoms with Crippen LogP contribution in [0.15, 0.2) is 0 Å². The summed E-state index contributed by atoms with van der Waals surface area (Å²) in [5.41, 5.74) is 3.93. The van der Waals surface area contributed by atoms with Gasteiger partial charge in [0.2, 0.25) is 0 Å². The van der Waals surface area contributed by atoms with Crippen LogP contribution < -0.4 is 0 Å². The van der Waals surface area contributed by atoms with E-state index in [9.17, 15) is 9.36 Å². The van der Waals surface area contributed by atoms with Gasteiger partial charge in [0.1, 0.15) is 0 Å². The Bertz CT molecular complexity index is 667. The lowest BCUT2D eigenvalue weighted by Crippen LogP contribution is -2.14. The Morgan fingerprint density at radius 1 is 1.12 bits per heavy atom. The highest BCUT2D eigenvalue weighted by Gasteiger charge is 2.39. The first-order chi connectivity index (χ1) is 11.5. The van der Waals surface area contributed by atoms with Gasteiger partial charge >= 0.3 is 13.8 Å². The fraction of sp³-hybridized carbons (Fsp3) is 0.706. The molecule has 0 aliphatic carbocycles. The zero-order valence-corrected chi connectivity index (χ0v) is 15.6. The highest BCUT2D eigenvalue weighted by molar-refractivity contribution is 7.49. The van der Waals surface area contributed by atoms with E-state index in [1.54, 1.807) is 13.8 Å². The quantitative estimate of drug-likeness (QED) is 0.685. The summed E-state index contributed by atoms with van der Waals surface area (Å²) in [4.78, 5) is 12.8. The van der Waals surface area contributed by atoms with E-state index < -0.39 is 13.8 Å². The summed E-state index contributed by atoms with van der Waals surface area (Å²) in [7, 11) is -3.85. The first kappa shape index (κ1) is 17.7. The molecule has 0 saturated heterocycles. The van der Waals surface area contributed by atoms with Crippen LogP contribution in [0.5, 0.6) is 0 Å². The number of aromatic nitrogens is 1. The summed E-state index contributed by atoms with van der Waals surface area (Å²) in [5.74, 6) is -0.574. The number of nitrogens with zero attached hydrogens (tertiary/aromatic N) is 1. The molecule has 0 N–H and O–H groups in total. The molecule has 1 atom stereocenters. The lowest BCUT2D eigenvalue weighted by molar-refractivity contribution is 0.0604. The van der Waals surface area contributed by atoms with E-state index in [1.807, 2.05) is 6.92 Å². The van der Waals surface area contributed by atoms with Crippen molar-refractivity contribution in [1.82, 2.24) is 4.57 Å². The van der Waals surface area contributed by atoms with Gasteiger partial charge in [-0.25, -0.2) is 9.36 Å². The molecule has 0 radical (unpaired) electrons. The van der Waals surface area contributed by atoms with E-state index in [0.717, 1.165) is 43.4 Å². The molecule has 1 aromatic heterocycles. The summed E-state index contributed by atoms with van der Waals surface area (Å²) in [6.07, 6.45) is 6.03. The SMILES string of the molecule is CCOP(=O)(OCC)OC(=O)c1c(CC)c2n3c1CC[C@H]3CCC2. The molecule has 24 heavy (non-hydrogen) atoms. The van der Waals surface area contributed by atoms with Crippen molar-refractivity contribution in [3.63, 3.8) is 0 Å². The van der Waals surface area contributed by atoms with Crippen LogP contribution in [0.1, 0.15) is 73.4 Å². The van der Waals surface area contributed by atoms with Crippen molar-refractivity contribution in [3.05, 3.63) is 22.5 Å². The van der Waals surface area contributed by atoms with Crippen molar-refractivity contribution in [2.75, 3.05) is 13.2 Å². The van der Waals surface area contributed by atoms with Gasteiger partial charge in [0.25, 0.3) is 0 Å². The number of phosphoric acid groups is 1. The third-order valence-electron chi connectivity index (χ3n) is 4.88. The van der Waals surface area contributed by atoms with Crippen LogP contribution in [0, 0.1) is 0 Å². The molecule has 0 saturated carbocycles. The topological polar surface area (TPSA) is 66.8 Å². The molecule has 0 spiro atoms. The highest BCUT2D eigenvalue weighted by Crippen LogP contribution is 2.51. The van der Waals surface area contributed by atoms with Gasteiger partial charge < -0.3 is 9.09 Å². The lowest BCUT2D eigenvalue weighted by Gasteiger charge is -2.23. The van der Waals surface area contributed by atoms with Crippen LogP contribution in [0.3, 0.4) is 0 Å². The zero-order valence-electron chi connectivity index (χ0n) is 14.7. The fourth-order valence-corrected chi connectivity index (χ4v) is 5.20. The van der Waals surface area contributed by atoms with Crippen molar-refractivity contribution in [3.8, 4) is 0 Å². The van der Waals surface area contributed by atoms with Gasteiger partial charge in [-0.15, -0.1) is 0 Å². The molecule has 1 aromatic rings. The average Bonchev–Trinajstić information content (AvgIpc) is 3.10. The van der Waals surface area contributed by atoms with Crippen LogP contribution in [0.4, 0.5) is 0 Å². The summed E-state index contributed by atoms with van der Waals surface area (Å²) >= 11 is 0. The van der Waals surface area contributed by atoms with E-state index in [1.165, 1.54) is 12.1 Å². The van der Waals surface area contributed by atoms with Gasteiger partial charge in [-0.2, -0.15) is 0 Å². The molecule has 3 rings (SSSR count). The summed E-state index contributed by atoms with van der Waals surface area (Å²) in [6, 6.07) is 0.501. The van der Waals surface area contributed by atoms with Crippen LogP contribution in [0.25, 0.3) is 0 Å². The monoisotopic (exact) mass is 355 g/mol. The predicted molar refractivity (Wildman–Crippen MR) is 90.4 cm³/mol. The molecule has 2 aliphatic heterocycles. The minimum absolute atomic E-state index is 0.159. The largest absolute Gasteiger partial charge is 0.532 e. The molecule has 0 amide bonds. The third-order valence-corrected chi connectivity index (χ3v) is 6.42.